The van der Waals surface area contributed by atoms with E-state index in [0.717, 1.165) is 16.1 Å². The second-order valence-corrected chi connectivity index (χ2v) is 6.35. The van der Waals surface area contributed by atoms with Crippen LogP contribution in [-0.2, 0) is 9.31 Å². The first-order chi connectivity index (χ1) is 8.73. The van der Waals surface area contributed by atoms with E-state index < -0.39 is 0 Å². The van der Waals surface area contributed by atoms with Crippen LogP contribution in [0.15, 0.2) is 24.2 Å². The Morgan fingerprint density at radius 2 is 1.68 bits per heavy atom. The maximum absolute atomic E-state index is 6.10. The van der Waals surface area contributed by atoms with Crippen LogP contribution in [0.5, 0.6) is 0 Å². The molecule has 2 nitrogen and oxygen atoms in total. The molecule has 0 radical (unpaired) electrons. The molecule has 1 saturated heterocycles. The van der Waals surface area contributed by atoms with E-state index in [2.05, 4.69) is 0 Å². The van der Waals surface area contributed by atoms with Crippen LogP contribution in [0.25, 0.3) is 6.08 Å². The summed E-state index contributed by atoms with van der Waals surface area (Å²) < 4.78 is 11.8. The Kier molecular flexibility index (Phi) is 3.83. The molecule has 4 heteroatoms. The highest BCUT2D eigenvalue weighted by Crippen LogP contribution is 2.37. The van der Waals surface area contributed by atoms with Crippen molar-refractivity contribution < 1.29 is 9.31 Å². The van der Waals surface area contributed by atoms with Crippen LogP contribution in [0.4, 0.5) is 0 Å². The van der Waals surface area contributed by atoms with Gasteiger partial charge in [0.05, 0.1) is 11.2 Å². The monoisotopic (exact) mass is 278 g/mol. The highest BCUT2D eigenvalue weighted by Gasteiger charge is 2.49. The second kappa shape index (κ2) is 4.97. The Balaban J connectivity index is 2.15. The fourth-order valence-electron chi connectivity index (χ4n) is 1.95. The molecule has 1 aromatic rings. The third-order valence-electron chi connectivity index (χ3n) is 4.01. The molecule has 0 saturated carbocycles. The van der Waals surface area contributed by atoms with E-state index in [1.54, 1.807) is 0 Å². The molecule has 0 N–H and O–H groups in total. The van der Waals surface area contributed by atoms with Gasteiger partial charge in [-0.3, -0.25) is 0 Å². The molecule has 0 bridgehead atoms. The van der Waals surface area contributed by atoms with E-state index in [9.17, 15) is 0 Å². The summed E-state index contributed by atoms with van der Waals surface area (Å²) in [6.45, 7) is 10.2. The maximum Gasteiger partial charge on any atom is 0.487 e. The number of rotatable bonds is 2. The smallest absolute Gasteiger partial charge is 0.400 e. The first-order valence-corrected chi connectivity index (χ1v) is 6.90. The van der Waals surface area contributed by atoms with Crippen LogP contribution in [0.1, 0.15) is 38.8 Å². The Morgan fingerprint density at radius 3 is 2.26 bits per heavy atom. The Labute approximate surface area is 120 Å². The van der Waals surface area contributed by atoms with Crippen LogP contribution in [0.2, 0.25) is 5.02 Å². The molecule has 0 aliphatic carbocycles. The summed E-state index contributed by atoms with van der Waals surface area (Å²) in [5, 5.41) is 0.774. The minimum Gasteiger partial charge on any atom is -0.400 e. The molecule has 1 heterocycles. The van der Waals surface area contributed by atoms with Crippen molar-refractivity contribution in [3.05, 3.63) is 40.3 Å². The fraction of sp³-hybridized carbons (Fsp3) is 0.467. The summed E-state index contributed by atoms with van der Waals surface area (Å²) in [4.78, 5) is 0. The third kappa shape index (κ3) is 2.89. The number of benzene rings is 1. The lowest BCUT2D eigenvalue weighted by Gasteiger charge is -2.32. The van der Waals surface area contributed by atoms with Gasteiger partial charge in [0.25, 0.3) is 0 Å². The van der Waals surface area contributed by atoms with Gasteiger partial charge in [-0.15, -0.1) is 0 Å². The number of hydrogen-bond acceptors (Lipinski definition) is 2. The second-order valence-electron chi connectivity index (χ2n) is 5.94. The van der Waals surface area contributed by atoms with E-state index in [1.807, 2.05) is 64.9 Å². The van der Waals surface area contributed by atoms with E-state index in [1.165, 1.54) is 0 Å². The molecule has 102 valence electrons. The summed E-state index contributed by atoms with van der Waals surface area (Å²) in [5.74, 6) is 1.94. The molecular formula is C15H20BClO2. The van der Waals surface area contributed by atoms with E-state index in [-0.39, 0.29) is 18.3 Å². The molecule has 0 aromatic heterocycles. The first-order valence-electron chi connectivity index (χ1n) is 6.52. The van der Waals surface area contributed by atoms with Gasteiger partial charge < -0.3 is 9.31 Å². The van der Waals surface area contributed by atoms with Gasteiger partial charge in [-0.05, 0) is 51.8 Å². The average molecular weight is 279 g/mol. The largest absolute Gasteiger partial charge is 0.487 e. The molecule has 2 rings (SSSR count). The molecule has 1 aromatic carbocycles. The van der Waals surface area contributed by atoms with Crippen LogP contribution in [0, 0.1) is 6.92 Å². The lowest BCUT2D eigenvalue weighted by Crippen LogP contribution is -2.41. The molecule has 0 atom stereocenters. The van der Waals surface area contributed by atoms with E-state index in [0.29, 0.717) is 0 Å². The van der Waals surface area contributed by atoms with Crippen LogP contribution in [-0.4, -0.2) is 18.3 Å². The highest BCUT2D eigenvalue weighted by molar-refractivity contribution is 6.52. The molecule has 1 fully saturated rings. The van der Waals surface area contributed by atoms with Crippen molar-refractivity contribution in [2.45, 2.75) is 45.8 Å². The first kappa shape index (κ1) is 14.6. The molecular weight excluding hydrogens is 258 g/mol. The fourth-order valence-corrected chi connectivity index (χ4v) is 2.14. The zero-order valence-electron chi connectivity index (χ0n) is 12.2. The Morgan fingerprint density at radius 1 is 1.11 bits per heavy atom. The molecule has 19 heavy (non-hydrogen) atoms. The number of hydrogen-bond donors (Lipinski definition) is 0. The topological polar surface area (TPSA) is 18.5 Å². The van der Waals surface area contributed by atoms with E-state index >= 15 is 0 Å². The van der Waals surface area contributed by atoms with Gasteiger partial charge in [0.15, 0.2) is 0 Å². The average Bonchev–Trinajstić information content (AvgIpc) is 2.50. The molecule has 0 amide bonds. The van der Waals surface area contributed by atoms with Crippen molar-refractivity contribution in [2.75, 3.05) is 0 Å². The lowest BCUT2D eigenvalue weighted by atomic mass is 9.88. The standard InChI is InChI=1S/C15H20BClO2/c1-11-12(7-6-8-13(11)17)9-10-16-18-14(2,3)15(4,5)19-16/h6-10H,1-5H3/b10-9+. The highest BCUT2D eigenvalue weighted by atomic mass is 35.5. The van der Waals surface area contributed by atoms with Gasteiger partial charge in [0.2, 0.25) is 0 Å². The van der Waals surface area contributed by atoms with Crippen LogP contribution < -0.4 is 0 Å². The Hall–Kier alpha value is -0.765. The predicted octanol–water partition coefficient (Wildman–Crippen LogP) is 4.29. The SMILES string of the molecule is Cc1c(Cl)cccc1/C=C/B1OC(C)(C)C(C)(C)O1. The van der Waals surface area contributed by atoms with Gasteiger partial charge in [-0.1, -0.05) is 35.8 Å². The maximum atomic E-state index is 6.10. The zero-order chi connectivity index (χ0) is 14.3. The minimum atomic E-state index is -0.316. The molecule has 1 aliphatic rings. The minimum absolute atomic E-state index is 0.300. The van der Waals surface area contributed by atoms with Crippen molar-refractivity contribution in [3.8, 4) is 0 Å². The van der Waals surface area contributed by atoms with Crippen molar-refractivity contribution in [3.63, 3.8) is 0 Å². The zero-order valence-corrected chi connectivity index (χ0v) is 12.9. The lowest BCUT2D eigenvalue weighted by molar-refractivity contribution is 0.00578. The van der Waals surface area contributed by atoms with Crippen molar-refractivity contribution in [2.24, 2.45) is 0 Å². The Bertz CT molecular complexity index is 493. The van der Waals surface area contributed by atoms with Gasteiger partial charge >= 0.3 is 7.12 Å². The summed E-state index contributed by atoms with van der Waals surface area (Å²) in [7, 11) is -0.316. The van der Waals surface area contributed by atoms with Gasteiger partial charge in [-0.25, -0.2) is 0 Å². The summed E-state index contributed by atoms with van der Waals surface area (Å²) in [6.07, 6.45) is 2.00. The quantitative estimate of drug-likeness (QED) is 0.751. The van der Waals surface area contributed by atoms with E-state index in [4.69, 9.17) is 20.9 Å². The normalized spacial score (nSPS) is 21.3. The number of halogens is 1. The predicted molar refractivity (Wildman–Crippen MR) is 81.3 cm³/mol. The van der Waals surface area contributed by atoms with Crippen molar-refractivity contribution in [1.29, 1.82) is 0 Å². The molecule has 1 aliphatic heterocycles. The van der Waals surface area contributed by atoms with Gasteiger partial charge in [-0.2, -0.15) is 0 Å². The summed E-state index contributed by atoms with van der Waals surface area (Å²) >= 11 is 6.10. The van der Waals surface area contributed by atoms with Crippen molar-refractivity contribution in [1.82, 2.24) is 0 Å². The molecule has 0 unspecified atom stereocenters. The van der Waals surface area contributed by atoms with Crippen LogP contribution >= 0.6 is 11.6 Å². The molecule has 0 spiro atoms. The van der Waals surface area contributed by atoms with Crippen LogP contribution in [0.3, 0.4) is 0 Å². The van der Waals surface area contributed by atoms with Crippen molar-refractivity contribution >= 4 is 24.8 Å². The van der Waals surface area contributed by atoms with Gasteiger partial charge in [0, 0.05) is 5.02 Å². The summed E-state index contributed by atoms with van der Waals surface area (Å²) in [6, 6.07) is 5.87. The van der Waals surface area contributed by atoms with Gasteiger partial charge in [0.1, 0.15) is 0 Å². The third-order valence-corrected chi connectivity index (χ3v) is 4.42. The summed E-state index contributed by atoms with van der Waals surface area (Å²) in [5.41, 5.74) is 1.55.